The Morgan fingerprint density at radius 3 is 2.94 bits per heavy atom. The maximum atomic E-state index is 11.6. The van der Waals surface area contributed by atoms with Gasteiger partial charge in [0.15, 0.2) is 6.61 Å². The fourth-order valence-corrected chi connectivity index (χ4v) is 1.98. The molecule has 4 heteroatoms. The Labute approximate surface area is 108 Å². The standard InChI is InChI=1S/C14H20N2O2/c1-10(2)15-7-6-11-4-5-13-12(8-11)16(3)14(17)9-18-13/h4-5,8,10,15H,6-7,9H2,1-3H3. The van der Waals surface area contributed by atoms with E-state index in [-0.39, 0.29) is 12.5 Å². The maximum absolute atomic E-state index is 11.6. The number of fused-ring (bicyclic) bond motifs is 1. The molecule has 0 aromatic heterocycles. The van der Waals surface area contributed by atoms with Gasteiger partial charge in [-0.3, -0.25) is 4.79 Å². The van der Waals surface area contributed by atoms with Crippen molar-refractivity contribution in [1.82, 2.24) is 5.32 Å². The Morgan fingerprint density at radius 2 is 2.22 bits per heavy atom. The summed E-state index contributed by atoms with van der Waals surface area (Å²) in [4.78, 5) is 13.2. The summed E-state index contributed by atoms with van der Waals surface area (Å²) in [6.07, 6.45) is 0.952. The van der Waals surface area contributed by atoms with Crippen molar-refractivity contribution in [1.29, 1.82) is 0 Å². The molecule has 2 rings (SSSR count). The molecule has 0 bridgehead atoms. The van der Waals surface area contributed by atoms with E-state index in [1.807, 2.05) is 12.1 Å². The van der Waals surface area contributed by atoms with Crippen LogP contribution in [-0.4, -0.2) is 32.1 Å². The van der Waals surface area contributed by atoms with Crippen LogP contribution < -0.4 is 15.0 Å². The first-order valence-electron chi connectivity index (χ1n) is 6.33. The van der Waals surface area contributed by atoms with Crippen LogP contribution in [0.1, 0.15) is 19.4 Å². The van der Waals surface area contributed by atoms with Crippen LogP contribution in [0.2, 0.25) is 0 Å². The van der Waals surface area contributed by atoms with Crippen molar-refractivity contribution in [3.05, 3.63) is 23.8 Å². The molecule has 1 heterocycles. The Morgan fingerprint density at radius 1 is 1.44 bits per heavy atom. The number of nitrogens with zero attached hydrogens (tertiary/aromatic N) is 1. The molecule has 18 heavy (non-hydrogen) atoms. The number of carbonyl (C=O) groups is 1. The van der Waals surface area contributed by atoms with Gasteiger partial charge in [-0.25, -0.2) is 0 Å². The third-order valence-corrected chi connectivity index (χ3v) is 3.08. The van der Waals surface area contributed by atoms with Gasteiger partial charge in [-0.05, 0) is 30.7 Å². The lowest BCUT2D eigenvalue weighted by atomic mass is 10.1. The van der Waals surface area contributed by atoms with Crippen LogP contribution in [0.3, 0.4) is 0 Å². The highest BCUT2D eigenvalue weighted by Crippen LogP contribution is 2.31. The van der Waals surface area contributed by atoms with Crippen LogP contribution in [0.25, 0.3) is 0 Å². The summed E-state index contributed by atoms with van der Waals surface area (Å²) in [7, 11) is 1.79. The Hall–Kier alpha value is -1.55. The zero-order chi connectivity index (χ0) is 13.1. The Balaban J connectivity index is 2.08. The highest BCUT2D eigenvalue weighted by atomic mass is 16.5. The van der Waals surface area contributed by atoms with Crippen molar-refractivity contribution >= 4 is 11.6 Å². The lowest BCUT2D eigenvalue weighted by molar-refractivity contribution is -0.120. The minimum Gasteiger partial charge on any atom is -0.482 e. The van der Waals surface area contributed by atoms with Crippen LogP contribution in [-0.2, 0) is 11.2 Å². The normalized spacial score (nSPS) is 14.7. The van der Waals surface area contributed by atoms with E-state index in [2.05, 4.69) is 25.2 Å². The van der Waals surface area contributed by atoms with E-state index >= 15 is 0 Å². The SMILES string of the molecule is CC(C)NCCc1ccc2c(c1)N(C)C(=O)CO2. The third kappa shape index (κ3) is 2.82. The van der Waals surface area contributed by atoms with Gasteiger partial charge < -0.3 is 15.0 Å². The summed E-state index contributed by atoms with van der Waals surface area (Å²) >= 11 is 0. The van der Waals surface area contributed by atoms with Gasteiger partial charge in [0.1, 0.15) is 5.75 Å². The first kappa shape index (κ1) is 12.9. The number of amides is 1. The average Bonchev–Trinajstić information content (AvgIpc) is 2.34. The third-order valence-electron chi connectivity index (χ3n) is 3.08. The highest BCUT2D eigenvalue weighted by Gasteiger charge is 2.22. The van der Waals surface area contributed by atoms with Crippen molar-refractivity contribution in [3.8, 4) is 5.75 Å². The van der Waals surface area contributed by atoms with Crippen LogP contribution in [0.15, 0.2) is 18.2 Å². The molecule has 0 radical (unpaired) electrons. The Kier molecular flexibility index (Phi) is 3.87. The molecular weight excluding hydrogens is 228 g/mol. The highest BCUT2D eigenvalue weighted by molar-refractivity contribution is 5.97. The topological polar surface area (TPSA) is 41.6 Å². The fraction of sp³-hybridized carbons (Fsp3) is 0.500. The number of benzene rings is 1. The molecule has 0 aliphatic carbocycles. The van der Waals surface area contributed by atoms with Crippen molar-refractivity contribution in [2.45, 2.75) is 26.3 Å². The van der Waals surface area contributed by atoms with Crippen LogP contribution in [0.4, 0.5) is 5.69 Å². The molecule has 1 N–H and O–H groups in total. The molecule has 0 atom stereocenters. The van der Waals surface area contributed by atoms with Gasteiger partial charge in [-0.2, -0.15) is 0 Å². The van der Waals surface area contributed by atoms with Gasteiger partial charge in [-0.15, -0.1) is 0 Å². The molecule has 1 aliphatic heterocycles. The van der Waals surface area contributed by atoms with Crippen LogP contribution in [0, 0.1) is 0 Å². The summed E-state index contributed by atoms with van der Waals surface area (Å²) in [6, 6.07) is 6.54. The van der Waals surface area contributed by atoms with Gasteiger partial charge >= 0.3 is 0 Å². The molecule has 0 saturated carbocycles. The molecule has 98 valence electrons. The number of ether oxygens (including phenoxy) is 1. The number of anilines is 1. The Bertz CT molecular complexity index is 443. The first-order chi connectivity index (χ1) is 8.58. The average molecular weight is 248 g/mol. The van der Waals surface area contributed by atoms with Crippen LogP contribution >= 0.6 is 0 Å². The quantitative estimate of drug-likeness (QED) is 0.879. The maximum Gasteiger partial charge on any atom is 0.264 e. The summed E-state index contributed by atoms with van der Waals surface area (Å²) in [5.74, 6) is 0.789. The first-order valence-corrected chi connectivity index (χ1v) is 6.33. The van der Waals surface area contributed by atoms with Gasteiger partial charge in [0.25, 0.3) is 5.91 Å². The second-order valence-electron chi connectivity index (χ2n) is 4.90. The monoisotopic (exact) mass is 248 g/mol. The molecule has 0 fully saturated rings. The molecule has 0 spiro atoms. The zero-order valence-corrected chi connectivity index (χ0v) is 11.2. The predicted molar refractivity (Wildman–Crippen MR) is 72.2 cm³/mol. The number of hydrogen-bond acceptors (Lipinski definition) is 3. The minimum atomic E-state index is -0.0000413. The van der Waals surface area contributed by atoms with Gasteiger partial charge in [0, 0.05) is 13.1 Å². The summed E-state index contributed by atoms with van der Waals surface area (Å²) in [6.45, 7) is 5.34. The molecular formula is C14H20N2O2. The van der Waals surface area contributed by atoms with E-state index in [1.54, 1.807) is 11.9 Å². The summed E-state index contributed by atoms with van der Waals surface area (Å²) in [5, 5.41) is 3.38. The van der Waals surface area contributed by atoms with E-state index < -0.39 is 0 Å². The lowest BCUT2D eigenvalue weighted by Crippen LogP contribution is -2.35. The molecule has 1 aromatic carbocycles. The number of hydrogen-bond donors (Lipinski definition) is 1. The molecule has 1 aromatic rings. The number of likely N-dealkylation sites (N-methyl/N-ethyl adjacent to an activating group) is 1. The molecule has 0 unspecified atom stereocenters. The zero-order valence-electron chi connectivity index (χ0n) is 11.2. The smallest absolute Gasteiger partial charge is 0.264 e. The van der Waals surface area contributed by atoms with Gasteiger partial charge in [0.05, 0.1) is 5.69 Å². The second-order valence-corrected chi connectivity index (χ2v) is 4.90. The van der Waals surface area contributed by atoms with E-state index in [0.717, 1.165) is 24.4 Å². The van der Waals surface area contributed by atoms with Gasteiger partial charge in [-0.1, -0.05) is 19.9 Å². The van der Waals surface area contributed by atoms with Crippen molar-refractivity contribution in [2.75, 3.05) is 25.1 Å². The molecule has 4 nitrogen and oxygen atoms in total. The second kappa shape index (κ2) is 5.40. The fourth-order valence-electron chi connectivity index (χ4n) is 1.98. The predicted octanol–water partition coefficient (Wildman–Crippen LogP) is 1.58. The van der Waals surface area contributed by atoms with E-state index in [9.17, 15) is 4.79 Å². The van der Waals surface area contributed by atoms with Crippen LogP contribution in [0.5, 0.6) is 5.75 Å². The van der Waals surface area contributed by atoms with Crippen molar-refractivity contribution < 1.29 is 9.53 Å². The van der Waals surface area contributed by atoms with E-state index in [1.165, 1.54) is 5.56 Å². The lowest BCUT2D eigenvalue weighted by Gasteiger charge is -2.26. The molecule has 1 aliphatic rings. The van der Waals surface area contributed by atoms with E-state index in [0.29, 0.717) is 6.04 Å². The van der Waals surface area contributed by atoms with Crippen molar-refractivity contribution in [2.24, 2.45) is 0 Å². The summed E-state index contributed by atoms with van der Waals surface area (Å²) in [5.41, 5.74) is 2.08. The number of carbonyl (C=O) groups excluding carboxylic acids is 1. The van der Waals surface area contributed by atoms with E-state index in [4.69, 9.17) is 4.74 Å². The number of nitrogens with one attached hydrogen (secondary N) is 1. The molecule has 0 saturated heterocycles. The minimum absolute atomic E-state index is 0.0000413. The summed E-state index contributed by atoms with van der Waals surface area (Å²) < 4.78 is 5.40. The van der Waals surface area contributed by atoms with Gasteiger partial charge in [0.2, 0.25) is 0 Å². The largest absolute Gasteiger partial charge is 0.482 e. The molecule has 1 amide bonds. The number of rotatable bonds is 4. The van der Waals surface area contributed by atoms with Crippen molar-refractivity contribution in [3.63, 3.8) is 0 Å².